The van der Waals surface area contributed by atoms with E-state index in [1.165, 1.54) is 7.05 Å². The molecule has 106 valence electrons. The van der Waals surface area contributed by atoms with E-state index in [2.05, 4.69) is 0 Å². The number of nitrogens with zero attached hydrogens (tertiary/aromatic N) is 2. The summed E-state index contributed by atoms with van der Waals surface area (Å²) in [6.45, 7) is 2.80. The predicted molar refractivity (Wildman–Crippen MR) is 64.3 cm³/mol. The van der Waals surface area contributed by atoms with Gasteiger partial charge in [0.1, 0.15) is 0 Å². The van der Waals surface area contributed by atoms with Gasteiger partial charge < -0.3 is 9.84 Å². The summed E-state index contributed by atoms with van der Waals surface area (Å²) in [6.07, 6.45) is 0.117. The lowest BCUT2D eigenvalue weighted by atomic mass is 10.00. The van der Waals surface area contributed by atoms with Gasteiger partial charge in [-0.3, -0.25) is 24.2 Å². The van der Waals surface area contributed by atoms with Crippen LogP contribution < -0.4 is 0 Å². The highest BCUT2D eigenvalue weighted by atomic mass is 16.5. The predicted octanol–water partition coefficient (Wildman–Crippen LogP) is -0.835. The SMILES string of the molecule is CCN(C1CC(=O)N(C)C1=O)C1COCC1C(=O)O. The number of carboxylic acids is 1. The van der Waals surface area contributed by atoms with Crippen LogP contribution >= 0.6 is 0 Å². The van der Waals surface area contributed by atoms with Crippen molar-refractivity contribution in [2.45, 2.75) is 25.4 Å². The second-order valence-electron chi connectivity index (χ2n) is 4.89. The molecule has 2 aliphatic heterocycles. The minimum Gasteiger partial charge on any atom is -0.481 e. The van der Waals surface area contributed by atoms with E-state index in [0.29, 0.717) is 6.54 Å². The summed E-state index contributed by atoms with van der Waals surface area (Å²) in [5, 5.41) is 9.17. The number of hydrogen-bond donors (Lipinski definition) is 1. The van der Waals surface area contributed by atoms with Crippen LogP contribution in [-0.2, 0) is 19.1 Å². The molecule has 2 saturated heterocycles. The van der Waals surface area contributed by atoms with Crippen molar-refractivity contribution in [2.24, 2.45) is 5.92 Å². The number of imide groups is 1. The van der Waals surface area contributed by atoms with Gasteiger partial charge in [0.2, 0.25) is 11.8 Å². The molecule has 2 aliphatic rings. The van der Waals surface area contributed by atoms with E-state index in [-0.39, 0.29) is 37.5 Å². The Labute approximate surface area is 111 Å². The Morgan fingerprint density at radius 3 is 2.63 bits per heavy atom. The number of carbonyl (C=O) groups is 3. The van der Waals surface area contributed by atoms with E-state index in [4.69, 9.17) is 4.74 Å². The molecule has 0 aromatic rings. The largest absolute Gasteiger partial charge is 0.481 e. The van der Waals surface area contributed by atoms with Crippen LogP contribution in [0.25, 0.3) is 0 Å². The molecule has 2 fully saturated rings. The number of carboxylic acid groups (broad SMARTS) is 1. The smallest absolute Gasteiger partial charge is 0.310 e. The maximum Gasteiger partial charge on any atom is 0.310 e. The molecule has 7 nitrogen and oxygen atoms in total. The average molecular weight is 270 g/mol. The van der Waals surface area contributed by atoms with Crippen molar-refractivity contribution < 1.29 is 24.2 Å². The van der Waals surface area contributed by atoms with E-state index >= 15 is 0 Å². The van der Waals surface area contributed by atoms with Gasteiger partial charge in [0.25, 0.3) is 0 Å². The highest BCUT2D eigenvalue weighted by molar-refractivity contribution is 6.05. The zero-order valence-corrected chi connectivity index (χ0v) is 11.0. The second-order valence-corrected chi connectivity index (χ2v) is 4.89. The molecule has 0 saturated carbocycles. The topological polar surface area (TPSA) is 87.2 Å². The molecule has 2 amide bonds. The Kier molecular flexibility index (Phi) is 3.86. The fourth-order valence-corrected chi connectivity index (χ4v) is 2.79. The van der Waals surface area contributed by atoms with E-state index in [1.807, 2.05) is 6.92 Å². The van der Waals surface area contributed by atoms with Crippen molar-refractivity contribution in [1.82, 2.24) is 9.80 Å². The van der Waals surface area contributed by atoms with E-state index in [9.17, 15) is 19.5 Å². The standard InChI is InChI=1S/C12H18N2O5/c1-3-14(8-4-10(15)13(2)11(8)16)9-6-19-5-7(9)12(17)18/h7-9H,3-6H2,1-2H3,(H,17,18). The van der Waals surface area contributed by atoms with E-state index < -0.39 is 17.9 Å². The number of rotatable bonds is 4. The summed E-state index contributed by atoms with van der Waals surface area (Å²) in [4.78, 5) is 37.7. The van der Waals surface area contributed by atoms with Crippen LogP contribution in [0, 0.1) is 5.92 Å². The summed E-state index contributed by atoms with van der Waals surface area (Å²) in [5.74, 6) is -2.05. The number of likely N-dealkylation sites (tertiary alicyclic amines) is 1. The highest BCUT2D eigenvalue weighted by Gasteiger charge is 2.46. The molecule has 0 spiro atoms. The molecule has 19 heavy (non-hydrogen) atoms. The van der Waals surface area contributed by atoms with Gasteiger partial charge in [0, 0.05) is 13.1 Å². The summed E-state index contributed by atoms with van der Waals surface area (Å²) in [5.41, 5.74) is 0. The third-order valence-electron chi connectivity index (χ3n) is 3.92. The maximum absolute atomic E-state index is 12.0. The molecule has 3 atom stereocenters. The highest BCUT2D eigenvalue weighted by Crippen LogP contribution is 2.26. The van der Waals surface area contributed by atoms with Gasteiger partial charge in [-0.1, -0.05) is 6.92 Å². The third-order valence-corrected chi connectivity index (χ3v) is 3.92. The summed E-state index contributed by atoms with van der Waals surface area (Å²) in [6, 6.07) is -0.910. The molecule has 0 aromatic carbocycles. The van der Waals surface area contributed by atoms with Crippen LogP contribution in [0.4, 0.5) is 0 Å². The molecule has 0 bridgehead atoms. The number of aliphatic carboxylic acids is 1. The lowest BCUT2D eigenvalue weighted by molar-refractivity contribution is -0.145. The zero-order valence-electron chi connectivity index (χ0n) is 11.0. The first-order valence-corrected chi connectivity index (χ1v) is 6.34. The van der Waals surface area contributed by atoms with Crippen molar-refractivity contribution in [3.8, 4) is 0 Å². The quantitative estimate of drug-likeness (QED) is 0.671. The molecule has 7 heteroatoms. The molecular formula is C12H18N2O5. The first-order chi connectivity index (χ1) is 8.97. The Bertz CT molecular complexity index is 411. The molecule has 0 aromatic heterocycles. The van der Waals surface area contributed by atoms with Crippen molar-refractivity contribution in [1.29, 1.82) is 0 Å². The Balaban J connectivity index is 2.18. The van der Waals surface area contributed by atoms with Crippen molar-refractivity contribution in [3.05, 3.63) is 0 Å². The molecule has 0 aliphatic carbocycles. The van der Waals surface area contributed by atoms with Crippen LogP contribution in [0.1, 0.15) is 13.3 Å². The van der Waals surface area contributed by atoms with Gasteiger partial charge in [-0.2, -0.15) is 0 Å². The molecule has 0 radical (unpaired) electrons. The lowest BCUT2D eigenvalue weighted by Crippen LogP contribution is -2.51. The summed E-state index contributed by atoms with van der Waals surface area (Å²) >= 11 is 0. The minimum absolute atomic E-state index is 0.117. The lowest BCUT2D eigenvalue weighted by Gasteiger charge is -2.32. The van der Waals surface area contributed by atoms with Crippen LogP contribution in [0.15, 0.2) is 0 Å². The van der Waals surface area contributed by atoms with E-state index in [1.54, 1.807) is 4.90 Å². The number of ether oxygens (including phenoxy) is 1. The van der Waals surface area contributed by atoms with Gasteiger partial charge in [-0.15, -0.1) is 0 Å². The van der Waals surface area contributed by atoms with Crippen molar-refractivity contribution in [2.75, 3.05) is 26.8 Å². The second kappa shape index (κ2) is 5.26. The fourth-order valence-electron chi connectivity index (χ4n) is 2.79. The van der Waals surface area contributed by atoms with Gasteiger partial charge in [0.15, 0.2) is 0 Å². The molecule has 1 N–H and O–H groups in total. The average Bonchev–Trinajstić information content (AvgIpc) is 2.93. The first kappa shape index (κ1) is 14.0. The monoisotopic (exact) mass is 270 g/mol. The number of likely N-dealkylation sites (N-methyl/N-ethyl adjacent to an activating group) is 2. The van der Waals surface area contributed by atoms with Gasteiger partial charge in [-0.05, 0) is 6.54 Å². The Morgan fingerprint density at radius 1 is 1.47 bits per heavy atom. The van der Waals surface area contributed by atoms with Crippen LogP contribution in [0.2, 0.25) is 0 Å². The molecule has 2 heterocycles. The minimum atomic E-state index is -0.925. The van der Waals surface area contributed by atoms with Gasteiger partial charge in [0.05, 0.1) is 31.6 Å². The summed E-state index contributed by atoms with van der Waals surface area (Å²) in [7, 11) is 1.46. The molecular weight excluding hydrogens is 252 g/mol. The molecule has 2 rings (SSSR count). The van der Waals surface area contributed by atoms with Gasteiger partial charge >= 0.3 is 5.97 Å². The number of hydrogen-bond acceptors (Lipinski definition) is 5. The third kappa shape index (κ3) is 2.35. The summed E-state index contributed by atoms with van der Waals surface area (Å²) < 4.78 is 5.23. The normalized spacial score (nSPS) is 31.5. The van der Waals surface area contributed by atoms with Crippen molar-refractivity contribution in [3.63, 3.8) is 0 Å². The number of carbonyl (C=O) groups excluding carboxylic acids is 2. The van der Waals surface area contributed by atoms with Crippen molar-refractivity contribution >= 4 is 17.8 Å². The number of amides is 2. The Morgan fingerprint density at radius 2 is 2.16 bits per heavy atom. The van der Waals surface area contributed by atoms with Crippen LogP contribution in [0.5, 0.6) is 0 Å². The van der Waals surface area contributed by atoms with Crippen LogP contribution in [-0.4, -0.2) is 71.6 Å². The molecule has 3 unspecified atom stereocenters. The van der Waals surface area contributed by atoms with Gasteiger partial charge in [-0.25, -0.2) is 0 Å². The maximum atomic E-state index is 12.0. The first-order valence-electron chi connectivity index (χ1n) is 6.34. The van der Waals surface area contributed by atoms with Crippen LogP contribution in [0.3, 0.4) is 0 Å². The van der Waals surface area contributed by atoms with E-state index in [0.717, 1.165) is 4.90 Å². The zero-order chi connectivity index (χ0) is 14.2. The Hall–Kier alpha value is -1.47. The fraction of sp³-hybridized carbons (Fsp3) is 0.750.